The Bertz CT molecular complexity index is 445. The molecule has 0 aromatic heterocycles. The van der Waals surface area contributed by atoms with Crippen molar-refractivity contribution >= 4 is 19.7 Å². The van der Waals surface area contributed by atoms with Crippen LogP contribution in [0.3, 0.4) is 0 Å². The lowest BCUT2D eigenvalue weighted by atomic mass is 9.79. The predicted octanol–water partition coefficient (Wildman–Crippen LogP) is 3.25. The van der Waals surface area contributed by atoms with Gasteiger partial charge in [0.05, 0.1) is 0 Å². The van der Waals surface area contributed by atoms with Crippen molar-refractivity contribution in [3.05, 3.63) is 22.8 Å². The maximum Gasteiger partial charge on any atom is 0.242 e. The fraction of sp³-hybridized carbons (Fsp3) is 0.636. The topological polar surface area (TPSA) is 34.1 Å². The molecule has 0 aromatic rings. The number of halogens is 1. The van der Waals surface area contributed by atoms with Crippen LogP contribution < -0.4 is 0 Å². The Morgan fingerprint density at radius 2 is 1.80 bits per heavy atom. The summed E-state index contributed by atoms with van der Waals surface area (Å²) >= 11 is 0. The van der Waals surface area contributed by atoms with E-state index in [1.165, 1.54) is 5.57 Å². The van der Waals surface area contributed by atoms with Crippen molar-refractivity contribution in [1.82, 2.24) is 0 Å². The van der Waals surface area contributed by atoms with Gasteiger partial charge in [-0.15, -0.1) is 0 Å². The molecule has 15 heavy (non-hydrogen) atoms. The molecule has 0 radical (unpaired) electrons. The third kappa shape index (κ3) is 1.87. The Morgan fingerprint density at radius 3 is 2.20 bits per heavy atom. The summed E-state index contributed by atoms with van der Waals surface area (Å²) in [6.45, 7) is 9.49. The maximum atomic E-state index is 11.6. The van der Waals surface area contributed by atoms with E-state index in [0.717, 1.165) is 11.1 Å². The summed E-state index contributed by atoms with van der Waals surface area (Å²) in [5.41, 5.74) is 3.26. The van der Waals surface area contributed by atoms with E-state index < -0.39 is 13.8 Å². The van der Waals surface area contributed by atoms with E-state index in [4.69, 9.17) is 10.7 Å². The number of allylic oxidation sites excluding steroid dienone is 3. The zero-order chi connectivity index (χ0) is 12.0. The smallest absolute Gasteiger partial charge is 0.211 e. The molecule has 1 rings (SSSR count). The van der Waals surface area contributed by atoms with Crippen LogP contribution in [0.25, 0.3) is 0 Å². The minimum absolute atomic E-state index is 0.0799. The van der Waals surface area contributed by atoms with Crippen molar-refractivity contribution in [2.75, 3.05) is 0 Å². The summed E-state index contributed by atoms with van der Waals surface area (Å²) in [6, 6.07) is 0. The van der Waals surface area contributed by atoms with E-state index in [2.05, 4.69) is 0 Å². The highest BCUT2D eigenvalue weighted by Gasteiger charge is 2.44. The second-order valence-electron chi connectivity index (χ2n) is 4.48. The van der Waals surface area contributed by atoms with Crippen LogP contribution in [-0.2, 0) is 9.05 Å². The van der Waals surface area contributed by atoms with Crippen molar-refractivity contribution in [3.8, 4) is 0 Å². The third-order valence-corrected chi connectivity index (χ3v) is 6.24. The first-order valence-electron chi connectivity index (χ1n) is 4.92. The van der Waals surface area contributed by atoms with Crippen LogP contribution in [0, 0.1) is 5.92 Å². The third-order valence-electron chi connectivity index (χ3n) is 3.72. The molecule has 0 heterocycles. The van der Waals surface area contributed by atoms with Crippen molar-refractivity contribution in [3.63, 3.8) is 0 Å². The molecule has 0 saturated carbocycles. The Morgan fingerprint density at radius 1 is 1.33 bits per heavy atom. The van der Waals surface area contributed by atoms with Gasteiger partial charge in [0.15, 0.2) is 0 Å². The van der Waals surface area contributed by atoms with E-state index in [-0.39, 0.29) is 5.92 Å². The van der Waals surface area contributed by atoms with E-state index in [9.17, 15) is 8.42 Å². The Labute approximate surface area is 96.4 Å². The summed E-state index contributed by atoms with van der Waals surface area (Å²) in [7, 11) is 1.93. The summed E-state index contributed by atoms with van der Waals surface area (Å²) in [6.07, 6.45) is 1.77. The van der Waals surface area contributed by atoms with Gasteiger partial charge in [-0.3, -0.25) is 0 Å². The van der Waals surface area contributed by atoms with Crippen LogP contribution >= 0.6 is 10.7 Å². The molecule has 0 unspecified atom stereocenters. The summed E-state index contributed by atoms with van der Waals surface area (Å²) in [5.74, 6) is -0.0799. The summed E-state index contributed by atoms with van der Waals surface area (Å²) in [4.78, 5) is 0. The molecule has 0 fully saturated rings. The van der Waals surface area contributed by atoms with E-state index >= 15 is 0 Å². The van der Waals surface area contributed by atoms with Gasteiger partial charge in [-0.05, 0) is 33.3 Å². The molecule has 1 aliphatic carbocycles. The SMILES string of the molecule is CC1=C[C@@](C)(S(=O)(=O)Cl)[C@H](C)C(C)=C1C. The van der Waals surface area contributed by atoms with Crippen LogP contribution in [0.15, 0.2) is 22.8 Å². The first-order valence-corrected chi connectivity index (χ1v) is 7.23. The normalized spacial score (nSPS) is 32.9. The molecule has 1 aliphatic rings. The van der Waals surface area contributed by atoms with Gasteiger partial charge in [0, 0.05) is 16.6 Å². The first-order chi connectivity index (χ1) is 6.61. The molecule has 2 atom stereocenters. The average Bonchev–Trinajstić information content (AvgIpc) is 2.10. The molecular weight excluding hydrogens is 232 g/mol. The number of hydrogen-bond donors (Lipinski definition) is 0. The predicted molar refractivity (Wildman–Crippen MR) is 64.5 cm³/mol. The van der Waals surface area contributed by atoms with E-state index in [1.54, 1.807) is 13.0 Å². The van der Waals surface area contributed by atoms with Crippen molar-refractivity contribution in [2.45, 2.75) is 39.4 Å². The van der Waals surface area contributed by atoms with Gasteiger partial charge >= 0.3 is 0 Å². The molecule has 4 heteroatoms. The maximum absolute atomic E-state index is 11.6. The van der Waals surface area contributed by atoms with Crippen LogP contribution in [0.1, 0.15) is 34.6 Å². The van der Waals surface area contributed by atoms with Crippen molar-refractivity contribution in [1.29, 1.82) is 0 Å². The fourth-order valence-electron chi connectivity index (χ4n) is 2.01. The summed E-state index contributed by atoms with van der Waals surface area (Å²) in [5, 5.41) is 0. The molecule has 0 spiro atoms. The fourth-order valence-corrected chi connectivity index (χ4v) is 3.46. The van der Waals surface area contributed by atoms with Crippen molar-refractivity contribution in [2.24, 2.45) is 5.92 Å². The van der Waals surface area contributed by atoms with Gasteiger partial charge in [-0.1, -0.05) is 24.1 Å². The van der Waals surface area contributed by atoms with Crippen LogP contribution in [0.4, 0.5) is 0 Å². The second-order valence-corrected chi connectivity index (χ2v) is 7.45. The van der Waals surface area contributed by atoms with Gasteiger partial charge in [0.25, 0.3) is 0 Å². The second kappa shape index (κ2) is 3.63. The lowest BCUT2D eigenvalue weighted by molar-refractivity contribution is 0.503. The molecule has 0 N–H and O–H groups in total. The molecule has 0 saturated heterocycles. The highest BCUT2D eigenvalue weighted by molar-refractivity contribution is 8.15. The lowest BCUT2D eigenvalue weighted by Crippen LogP contribution is -2.40. The van der Waals surface area contributed by atoms with Gasteiger partial charge in [-0.2, -0.15) is 0 Å². The Hall–Kier alpha value is -0.280. The number of rotatable bonds is 1. The van der Waals surface area contributed by atoms with Crippen molar-refractivity contribution < 1.29 is 8.42 Å². The molecule has 0 aliphatic heterocycles. The Kier molecular flexibility index (Phi) is 3.10. The molecule has 86 valence electrons. The van der Waals surface area contributed by atoms with Crippen LogP contribution in [0.2, 0.25) is 0 Å². The molecule has 0 amide bonds. The molecule has 2 nitrogen and oxygen atoms in total. The quantitative estimate of drug-likeness (QED) is 0.668. The van der Waals surface area contributed by atoms with Gasteiger partial charge in [0.2, 0.25) is 9.05 Å². The molecule has 0 aromatic carbocycles. The van der Waals surface area contributed by atoms with Crippen LogP contribution in [0.5, 0.6) is 0 Å². The zero-order valence-electron chi connectivity index (χ0n) is 9.76. The average molecular weight is 249 g/mol. The lowest BCUT2D eigenvalue weighted by Gasteiger charge is -2.36. The first kappa shape index (κ1) is 12.8. The monoisotopic (exact) mass is 248 g/mol. The van der Waals surface area contributed by atoms with Gasteiger partial charge in [0.1, 0.15) is 4.75 Å². The highest BCUT2D eigenvalue weighted by atomic mass is 35.7. The molecule has 0 bridgehead atoms. The van der Waals surface area contributed by atoms with Gasteiger partial charge in [-0.25, -0.2) is 8.42 Å². The Balaban J connectivity index is 3.43. The largest absolute Gasteiger partial charge is 0.242 e. The van der Waals surface area contributed by atoms with E-state index in [0.29, 0.717) is 0 Å². The van der Waals surface area contributed by atoms with E-state index in [1.807, 2.05) is 27.7 Å². The minimum atomic E-state index is -3.60. The van der Waals surface area contributed by atoms with Gasteiger partial charge < -0.3 is 0 Å². The highest BCUT2D eigenvalue weighted by Crippen LogP contribution is 2.42. The minimum Gasteiger partial charge on any atom is -0.211 e. The van der Waals surface area contributed by atoms with Crippen LogP contribution in [-0.4, -0.2) is 13.2 Å². The number of hydrogen-bond acceptors (Lipinski definition) is 2. The molecular formula is C11H17ClO2S. The zero-order valence-corrected chi connectivity index (χ0v) is 11.3. The standard InChI is InChI=1S/C11H17ClO2S/c1-7-6-11(5,15(12,13)14)10(4)9(3)8(7)2/h6,10H,1-5H3/t10-,11-/m1/s1. The summed E-state index contributed by atoms with van der Waals surface area (Å²) < 4.78 is 22.2.